The van der Waals surface area contributed by atoms with Crippen molar-refractivity contribution >= 4 is 11.6 Å². The number of guanidine groups is 1. The standard InChI is InChI=1S/C19H31N5O3/c1-4-23-11-5-6-18(23)13-21-19(22-15(2)14-27-3)20-12-16-7-9-17(10-8-16)24(25)26/h7-10,15,18H,4-6,11-14H2,1-3H3,(H2,20,21,22). The molecule has 8 nitrogen and oxygen atoms in total. The summed E-state index contributed by atoms with van der Waals surface area (Å²) in [6, 6.07) is 7.16. The summed E-state index contributed by atoms with van der Waals surface area (Å²) in [5, 5.41) is 17.6. The van der Waals surface area contributed by atoms with Gasteiger partial charge in [-0.2, -0.15) is 0 Å². The predicted molar refractivity (Wildman–Crippen MR) is 107 cm³/mol. The van der Waals surface area contributed by atoms with Crippen LogP contribution < -0.4 is 10.6 Å². The van der Waals surface area contributed by atoms with Gasteiger partial charge in [-0.1, -0.05) is 19.1 Å². The molecule has 0 bridgehead atoms. The van der Waals surface area contributed by atoms with E-state index in [1.807, 2.05) is 6.92 Å². The van der Waals surface area contributed by atoms with Crippen LogP contribution in [0, 0.1) is 10.1 Å². The van der Waals surface area contributed by atoms with Crippen molar-refractivity contribution in [2.45, 2.75) is 45.3 Å². The van der Waals surface area contributed by atoms with Crippen LogP contribution in [0.4, 0.5) is 5.69 Å². The Hall–Kier alpha value is -2.19. The summed E-state index contributed by atoms with van der Waals surface area (Å²) in [6.07, 6.45) is 2.44. The lowest BCUT2D eigenvalue weighted by molar-refractivity contribution is -0.384. The lowest BCUT2D eigenvalue weighted by atomic mass is 10.2. The minimum atomic E-state index is -0.394. The topological polar surface area (TPSA) is 92.0 Å². The number of methoxy groups -OCH3 is 1. The van der Waals surface area contributed by atoms with Crippen molar-refractivity contribution in [2.75, 3.05) is 33.4 Å². The van der Waals surface area contributed by atoms with Crippen LogP contribution >= 0.6 is 0 Å². The maximum Gasteiger partial charge on any atom is 0.269 e. The van der Waals surface area contributed by atoms with Gasteiger partial charge in [0.2, 0.25) is 0 Å². The molecule has 0 aromatic heterocycles. The van der Waals surface area contributed by atoms with Crippen LogP contribution in [-0.2, 0) is 11.3 Å². The summed E-state index contributed by atoms with van der Waals surface area (Å²) in [5.74, 6) is 0.737. The lowest BCUT2D eigenvalue weighted by Gasteiger charge is -2.25. The second-order valence-electron chi connectivity index (χ2n) is 6.89. The summed E-state index contributed by atoms with van der Waals surface area (Å²) >= 11 is 0. The van der Waals surface area contributed by atoms with E-state index in [9.17, 15) is 10.1 Å². The zero-order valence-corrected chi connectivity index (χ0v) is 16.5. The van der Waals surface area contributed by atoms with Gasteiger partial charge in [-0.3, -0.25) is 15.0 Å². The Bertz CT molecular complexity index is 620. The van der Waals surface area contributed by atoms with Gasteiger partial charge in [0.05, 0.1) is 18.1 Å². The Balaban J connectivity index is 1.99. The highest BCUT2D eigenvalue weighted by molar-refractivity contribution is 5.80. The molecule has 1 heterocycles. The Morgan fingerprint density at radius 2 is 2.19 bits per heavy atom. The molecule has 1 aliphatic heterocycles. The van der Waals surface area contributed by atoms with Crippen molar-refractivity contribution in [3.63, 3.8) is 0 Å². The third-order valence-corrected chi connectivity index (χ3v) is 4.78. The lowest BCUT2D eigenvalue weighted by Crippen LogP contribution is -2.48. The first-order valence-electron chi connectivity index (χ1n) is 9.54. The van der Waals surface area contributed by atoms with Gasteiger partial charge in [0.25, 0.3) is 5.69 Å². The highest BCUT2D eigenvalue weighted by Gasteiger charge is 2.23. The molecular formula is C19H31N5O3. The van der Waals surface area contributed by atoms with Crippen molar-refractivity contribution in [3.8, 4) is 0 Å². The first-order chi connectivity index (χ1) is 13.0. The van der Waals surface area contributed by atoms with Crippen molar-refractivity contribution < 1.29 is 9.66 Å². The monoisotopic (exact) mass is 377 g/mol. The van der Waals surface area contributed by atoms with Crippen LogP contribution in [-0.4, -0.2) is 61.2 Å². The van der Waals surface area contributed by atoms with Crippen LogP contribution in [0.15, 0.2) is 29.3 Å². The van der Waals surface area contributed by atoms with Gasteiger partial charge in [0.1, 0.15) is 0 Å². The number of nitro groups is 1. The van der Waals surface area contributed by atoms with Gasteiger partial charge >= 0.3 is 0 Å². The fourth-order valence-electron chi connectivity index (χ4n) is 3.33. The SMILES string of the molecule is CCN1CCCC1CNC(=NCc1ccc([N+](=O)[O-])cc1)NC(C)COC. The molecule has 0 aliphatic carbocycles. The second-order valence-corrected chi connectivity index (χ2v) is 6.89. The molecule has 2 N–H and O–H groups in total. The highest BCUT2D eigenvalue weighted by atomic mass is 16.6. The van der Waals surface area contributed by atoms with Gasteiger partial charge in [0.15, 0.2) is 5.96 Å². The van der Waals surface area contributed by atoms with Gasteiger partial charge in [-0.15, -0.1) is 0 Å². The number of nitro benzene ring substituents is 1. The van der Waals surface area contributed by atoms with E-state index in [1.54, 1.807) is 19.2 Å². The number of benzene rings is 1. The van der Waals surface area contributed by atoms with Gasteiger partial charge in [-0.25, -0.2) is 4.99 Å². The number of nitrogens with one attached hydrogen (secondary N) is 2. The molecule has 150 valence electrons. The summed E-state index contributed by atoms with van der Waals surface area (Å²) in [4.78, 5) is 17.5. The fraction of sp³-hybridized carbons (Fsp3) is 0.632. The van der Waals surface area contributed by atoms with Crippen molar-refractivity contribution in [3.05, 3.63) is 39.9 Å². The molecule has 2 unspecified atom stereocenters. The Morgan fingerprint density at radius 1 is 1.44 bits per heavy atom. The predicted octanol–water partition coefficient (Wildman–Crippen LogP) is 2.15. The third kappa shape index (κ3) is 6.80. The summed E-state index contributed by atoms with van der Waals surface area (Å²) in [6.45, 7) is 8.35. The number of hydrogen-bond donors (Lipinski definition) is 2. The first kappa shape index (κ1) is 21.1. The Kier molecular flexibility index (Phi) is 8.47. The van der Waals surface area contributed by atoms with E-state index < -0.39 is 4.92 Å². The number of likely N-dealkylation sites (N-methyl/N-ethyl adjacent to an activating group) is 1. The molecule has 1 aliphatic rings. The van der Waals surface area contributed by atoms with Crippen molar-refractivity contribution in [1.29, 1.82) is 0 Å². The number of likely N-dealkylation sites (tertiary alicyclic amines) is 1. The molecule has 0 spiro atoms. The van der Waals surface area contributed by atoms with Crippen LogP contribution in [0.1, 0.15) is 32.3 Å². The molecule has 1 aromatic rings. The molecule has 8 heteroatoms. The Labute approximate surface area is 161 Å². The molecule has 2 atom stereocenters. The summed E-state index contributed by atoms with van der Waals surface area (Å²) < 4.78 is 5.20. The molecular weight excluding hydrogens is 346 g/mol. The molecule has 2 rings (SSSR count). The normalized spacial score (nSPS) is 19.1. The number of aliphatic imine (C=N–C) groups is 1. The van der Waals surface area contributed by atoms with Crippen LogP contribution in [0.3, 0.4) is 0 Å². The second kappa shape index (κ2) is 10.8. The summed E-state index contributed by atoms with van der Waals surface area (Å²) in [5.41, 5.74) is 1.02. The first-order valence-corrected chi connectivity index (χ1v) is 9.54. The zero-order valence-electron chi connectivity index (χ0n) is 16.5. The molecule has 1 saturated heterocycles. The third-order valence-electron chi connectivity index (χ3n) is 4.78. The fourth-order valence-corrected chi connectivity index (χ4v) is 3.33. The molecule has 0 saturated carbocycles. The van der Waals surface area contributed by atoms with Gasteiger partial charge in [0, 0.05) is 37.9 Å². The molecule has 1 aromatic carbocycles. The number of non-ortho nitro benzene ring substituents is 1. The molecule has 27 heavy (non-hydrogen) atoms. The smallest absolute Gasteiger partial charge is 0.269 e. The van der Waals surface area contributed by atoms with E-state index in [2.05, 4.69) is 27.4 Å². The zero-order chi connectivity index (χ0) is 19.6. The number of ether oxygens (including phenoxy) is 1. The van der Waals surface area contributed by atoms with E-state index >= 15 is 0 Å². The quantitative estimate of drug-likeness (QED) is 0.296. The van der Waals surface area contributed by atoms with Crippen molar-refractivity contribution in [1.82, 2.24) is 15.5 Å². The minimum absolute atomic E-state index is 0.0915. The summed E-state index contributed by atoms with van der Waals surface area (Å²) in [7, 11) is 1.68. The van der Waals surface area contributed by atoms with Crippen molar-refractivity contribution in [2.24, 2.45) is 4.99 Å². The van der Waals surface area contributed by atoms with Crippen LogP contribution in [0.2, 0.25) is 0 Å². The van der Waals surface area contributed by atoms with E-state index in [4.69, 9.17) is 4.74 Å². The van der Waals surface area contributed by atoms with E-state index in [0.717, 1.165) is 31.2 Å². The molecule has 1 fully saturated rings. The van der Waals surface area contributed by atoms with E-state index in [-0.39, 0.29) is 11.7 Å². The maximum absolute atomic E-state index is 10.8. The molecule has 0 amide bonds. The largest absolute Gasteiger partial charge is 0.383 e. The van der Waals surface area contributed by atoms with Gasteiger partial charge < -0.3 is 15.4 Å². The van der Waals surface area contributed by atoms with Gasteiger partial charge in [-0.05, 0) is 38.4 Å². The van der Waals surface area contributed by atoms with Crippen LogP contribution in [0.25, 0.3) is 0 Å². The minimum Gasteiger partial charge on any atom is -0.383 e. The number of hydrogen-bond acceptors (Lipinski definition) is 5. The van der Waals surface area contributed by atoms with Crippen LogP contribution in [0.5, 0.6) is 0 Å². The highest BCUT2D eigenvalue weighted by Crippen LogP contribution is 2.15. The number of rotatable bonds is 9. The number of nitrogens with zero attached hydrogens (tertiary/aromatic N) is 3. The average Bonchev–Trinajstić information content (AvgIpc) is 3.12. The molecule has 0 radical (unpaired) electrons. The Morgan fingerprint density at radius 3 is 2.81 bits per heavy atom. The van der Waals surface area contributed by atoms with E-state index in [1.165, 1.54) is 25.0 Å². The average molecular weight is 377 g/mol. The maximum atomic E-state index is 10.8. The van der Waals surface area contributed by atoms with E-state index in [0.29, 0.717) is 19.2 Å².